The van der Waals surface area contributed by atoms with Gasteiger partial charge in [0.15, 0.2) is 0 Å². The number of halogens is 1. The highest BCUT2D eigenvalue weighted by Gasteiger charge is 2.10. The number of aromatic nitrogens is 1. The van der Waals surface area contributed by atoms with Crippen LogP contribution in [0.15, 0.2) is 59.4 Å². The van der Waals surface area contributed by atoms with Crippen molar-refractivity contribution in [3.8, 4) is 5.69 Å². The van der Waals surface area contributed by atoms with E-state index in [1.807, 2.05) is 30.3 Å². The molecule has 94 valence electrons. The molecule has 0 aliphatic rings. The van der Waals surface area contributed by atoms with Crippen molar-refractivity contribution in [3.63, 3.8) is 0 Å². The molecule has 3 nitrogen and oxygen atoms in total. The fraction of sp³-hybridized carbons (Fsp3) is 0. The summed E-state index contributed by atoms with van der Waals surface area (Å²) in [6.07, 6.45) is 0. The summed E-state index contributed by atoms with van der Waals surface area (Å²) in [5.74, 6) is 0.372. The van der Waals surface area contributed by atoms with Crippen LogP contribution < -0.4 is 11.3 Å². The van der Waals surface area contributed by atoms with Crippen LogP contribution in [0.2, 0.25) is 5.02 Å². The number of fused-ring (bicyclic) bond motifs is 1. The number of nitrogens with zero attached hydrogens (tertiary/aromatic N) is 1. The van der Waals surface area contributed by atoms with Crippen LogP contribution in [0.5, 0.6) is 0 Å². The maximum atomic E-state index is 12.5. The monoisotopic (exact) mass is 270 g/mol. The Labute approximate surface area is 114 Å². The van der Waals surface area contributed by atoms with Crippen LogP contribution in [0, 0.1) is 0 Å². The molecule has 1 heterocycles. The Kier molecular flexibility index (Phi) is 2.76. The van der Waals surface area contributed by atoms with E-state index in [0.717, 1.165) is 5.39 Å². The Bertz CT molecular complexity index is 824. The van der Waals surface area contributed by atoms with E-state index in [2.05, 4.69) is 0 Å². The number of nitrogen functional groups attached to an aromatic ring is 1. The van der Waals surface area contributed by atoms with Crippen molar-refractivity contribution in [2.75, 3.05) is 5.73 Å². The van der Waals surface area contributed by atoms with Gasteiger partial charge in [-0.3, -0.25) is 9.36 Å². The molecule has 2 aromatic carbocycles. The molecule has 0 aliphatic carbocycles. The molecule has 0 radical (unpaired) electrons. The number of hydrogen-bond acceptors (Lipinski definition) is 2. The first-order valence-electron chi connectivity index (χ1n) is 5.83. The molecular weight excluding hydrogens is 260 g/mol. The summed E-state index contributed by atoms with van der Waals surface area (Å²) in [5, 5.41) is 1.94. The standard InChI is InChI=1S/C15H11ClN2O/c16-12-7-3-4-8-13(12)18-14(17)9-10-5-1-2-6-11(10)15(18)19/h1-9H,17H2. The van der Waals surface area contributed by atoms with Gasteiger partial charge in [0, 0.05) is 5.39 Å². The topological polar surface area (TPSA) is 48.0 Å². The largest absolute Gasteiger partial charge is 0.385 e. The third-order valence-corrected chi connectivity index (χ3v) is 3.37. The minimum atomic E-state index is -0.163. The van der Waals surface area contributed by atoms with Crippen LogP contribution in [-0.4, -0.2) is 4.57 Å². The molecule has 19 heavy (non-hydrogen) atoms. The van der Waals surface area contributed by atoms with E-state index in [0.29, 0.717) is 21.9 Å². The minimum Gasteiger partial charge on any atom is -0.385 e. The lowest BCUT2D eigenvalue weighted by Gasteiger charge is -2.12. The van der Waals surface area contributed by atoms with Crippen molar-refractivity contribution in [2.45, 2.75) is 0 Å². The van der Waals surface area contributed by atoms with Gasteiger partial charge in [-0.05, 0) is 29.7 Å². The molecule has 0 aliphatic heterocycles. The predicted molar refractivity (Wildman–Crippen MR) is 79.0 cm³/mol. The second-order valence-electron chi connectivity index (χ2n) is 4.25. The molecule has 0 spiro atoms. The average Bonchev–Trinajstić information content (AvgIpc) is 2.41. The number of para-hydroxylation sites is 1. The third kappa shape index (κ3) is 1.88. The zero-order chi connectivity index (χ0) is 13.4. The summed E-state index contributed by atoms with van der Waals surface area (Å²) in [4.78, 5) is 12.5. The molecule has 0 saturated carbocycles. The Balaban J connectivity index is 2.43. The molecule has 2 N–H and O–H groups in total. The summed E-state index contributed by atoms with van der Waals surface area (Å²) >= 11 is 6.14. The number of benzene rings is 2. The molecule has 0 fully saturated rings. The van der Waals surface area contributed by atoms with Gasteiger partial charge < -0.3 is 5.73 Å². The molecule has 0 saturated heterocycles. The van der Waals surface area contributed by atoms with Gasteiger partial charge in [-0.15, -0.1) is 0 Å². The molecular formula is C15H11ClN2O. The number of rotatable bonds is 1. The van der Waals surface area contributed by atoms with E-state index < -0.39 is 0 Å². The van der Waals surface area contributed by atoms with E-state index in [-0.39, 0.29) is 5.56 Å². The lowest BCUT2D eigenvalue weighted by molar-refractivity contribution is 1.02. The van der Waals surface area contributed by atoms with E-state index >= 15 is 0 Å². The van der Waals surface area contributed by atoms with E-state index in [1.165, 1.54) is 4.57 Å². The first-order valence-corrected chi connectivity index (χ1v) is 6.21. The van der Waals surface area contributed by atoms with Crippen molar-refractivity contribution in [1.82, 2.24) is 4.57 Å². The van der Waals surface area contributed by atoms with Gasteiger partial charge in [-0.2, -0.15) is 0 Å². The lowest BCUT2D eigenvalue weighted by Crippen LogP contribution is -2.21. The molecule has 3 aromatic rings. The van der Waals surface area contributed by atoms with Crippen molar-refractivity contribution in [1.29, 1.82) is 0 Å². The SMILES string of the molecule is Nc1cc2ccccc2c(=O)n1-c1ccccc1Cl. The second kappa shape index (κ2) is 4.44. The lowest BCUT2D eigenvalue weighted by atomic mass is 10.1. The fourth-order valence-electron chi connectivity index (χ4n) is 2.16. The highest BCUT2D eigenvalue weighted by Crippen LogP contribution is 2.22. The highest BCUT2D eigenvalue weighted by molar-refractivity contribution is 6.32. The number of anilines is 1. The van der Waals surface area contributed by atoms with E-state index in [9.17, 15) is 4.79 Å². The van der Waals surface area contributed by atoms with Crippen LogP contribution in [0.1, 0.15) is 0 Å². The van der Waals surface area contributed by atoms with Gasteiger partial charge in [0.25, 0.3) is 5.56 Å². The quantitative estimate of drug-likeness (QED) is 0.738. The molecule has 4 heteroatoms. The zero-order valence-electron chi connectivity index (χ0n) is 10.0. The van der Waals surface area contributed by atoms with Gasteiger partial charge in [-0.25, -0.2) is 0 Å². The maximum absolute atomic E-state index is 12.5. The van der Waals surface area contributed by atoms with Gasteiger partial charge >= 0.3 is 0 Å². The first kappa shape index (κ1) is 11.8. The first-order chi connectivity index (χ1) is 9.18. The summed E-state index contributed by atoms with van der Waals surface area (Å²) in [6, 6.07) is 16.3. The van der Waals surface area contributed by atoms with Crippen molar-refractivity contribution < 1.29 is 0 Å². The van der Waals surface area contributed by atoms with Crippen LogP contribution in [0.4, 0.5) is 5.82 Å². The summed E-state index contributed by atoms with van der Waals surface area (Å²) in [7, 11) is 0. The molecule has 1 aromatic heterocycles. The van der Waals surface area contributed by atoms with Crippen molar-refractivity contribution in [3.05, 3.63) is 70.0 Å². The molecule has 0 unspecified atom stereocenters. The molecule has 0 atom stereocenters. The summed E-state index contributed by atoms with van der Waals surface area (Å²) in [5.41, 5.74) is 6.42. The van der Waals surface area contributed by atoms with Crippen LogP contribution in [-0.2, 0) is 0 Å². The Morgan fingerprint density at radius 2 is 1.68 bits per heavy atom. The van der Waals surface area contributed by atoms with Gasteiger partial charge in [0.1, 0.15) is 5.82 Å². The third-order valence-electron chi connectivity index (χ3n) is 3.05. The molecule has 0 amide bonds. The van der Waals surface area contributed by atoms with Crippen molar-refractivity contribution >= 4 is 28.2 Å². The van der Waals surface area contributed by atoms with E-state index in [4.69, 9.17) is 17.3 Å². The fourth-order valence-corrected chi connectivity index (χ4v) is 2.38. The second-order valence-corrected chi connectivity index (χ2v) is 4.66. The molecule has 0 bridgehead atoms. The van der Waals surface area contributed by atoms with Crippen molar-refractivity contribution in [2.24, 2.45) is 0 Å². The van der Waals surface area contributed by atoms with Gasteiger partial charge in [-0.1, -0.05) is 41.9 Å². The number of pyridine rings is 1. The Hall–Kier alpha value is -2.26. The summed E-state index contributed by atoms with van der Waals surface area (Å²) in [6.45, 7) is 0. The Morgan fingerprint density at radius 1 is 1.00 bits per heavy atom. The number of hydrogen-bond donors (Lipinski definition) is 1. The van der Waals surface area contributed by atoms with Gasteiger partial charge in [0.05, 0.1) is 10.7 Å². The average molecular weight is 271 g/mol. The summed E-state index contributed by atoms with van der Waals surface area (Å²) < 4.78 is 1.44. The smallest absolute Gasteiger partial charge is 0.264 e. The van der Waals surface area contributed by atoms with E-state index in [1.54, 1.807) is 24.3 Å². The highest BCUT2D eigenvalue weighted by atomic mass is 35.5. The van der Waals surface area contributed by atoms with Crippen LogP contribution >= 0.6 is 11.6 Å². The normalized spacial score (nSPS) is 10.8. The molecule has 3 rings (SSSR count). The Morgan fingerprint density at radius 3 is 2.47 bits per heavy atom. The van der Waals surface area contributed by atoms with Gasteiger partial charge in [0.2, 0.25) is 0 Å². The minimum absolute atomic E-state index is 0.163. The number of nitrogens with two attached hydrogens (primary N) is 1. The van der Waals surface area contributed by atoms with Crippen LogP contribution in [0.25, 0.3) is 16.5 Å². The van der Waals surface area contributed by atoms with Crippen LogP contribution in [0.3, 0.4) is 0 Å². The predicted octanol–water partition coefficient (Wildman–Crippen LogP) is 3.23. The zero-order valence-corrected chi connectivity index (χ0v) is 10.8. The maximum Gasteiger partial charge on any atom is 0.264 e.